The number of hydrogen-bond donors (Lipinski definition) is 22. The summed E-state index contributed by atoms with van der Waals surface area (Å²) < 4.78 is 129. The number of ether oxygens (including phenoxy) is 22. The Kier molecular flexibility index (Phi) is 50.0. The van der Waals surface area contributed by atoms with Crippen LogP contribution >= 0.6 is 0 Å². The fraction of sp³-hybridized carbons (Fsp3) is 0.890. The van der Waals surface area contributed by atoms with Gasteiger partial charge < -0.3 is 218 Å². The molecule has 22 saturated heterocycles. The summed E-state index contributed by atoms with van der Waals surface area (Å²) in [5.41, 5.74) is 0.738. The van der Waals surface area contributed by atoms with Gasteiger partial charge >= 0.3 is 6.09 Å². The smallest absolute Gasteiger partial charge is 0.407 e. The van der Waals surface area contributed by atoms with Crippen molar-refractivity contribution < 1.29 is 220 Å². The molecule has 144 heavy (non-hydrogen) atoms. The summed E-state index contributed by atoms with van der Waals surface area (Å²) in [5.74, 6) is 5.88. The standard InChI is InChI=1S/C91H150N8O45/c1-47(2)64(48(3)105)96-84(121)53(95-62(107)19-24-124-28-32-128-36-38-130-34-30-126-26-22-94-91(122)132-45-51-49-13-7-4-5-8-14-50(49)51)16-11-12-20-92-61(106)18-23-123-27-31-127-35-37-129-33-29-125-25-21-93-63(108)46-131-54-17-10-6-9-15-52-65(54)99(98-97-52)39-55-78-66(109)72(115)85(133-55)140-79-56(40-100)135-87(74(117)68(79)111)142-81-58(42-102)137-89(76(119)70(81)113)144-83-60(44-104)138-90(77(120)71(83)114)143-82-59(43-103)136-88(75(118)69(82)112)141-80-57(41-101)134-86(139-78)73(116)67(80)110/h47,49-51,53-60,64,66-83,85-90,100-104,109-120H,6-46H2,1-3H3,(H,92,106)(H,93,108)(H,94,122)(H,95,107)(H,96,121)/t49?,50?,51?,53-,54?,55?,56?,57?,58?,59?,60?,64+,66?,67?,68?,69?,70?,71?,72?,73?,74?,75?,76?,77?,78?,79?,80?,81?,82?,83?,85?,86?,87?,88?,89?,90?/m1/s1. The van der Waals surface area contributed by atoms with Gasteiger partial charge in [0.05, 0.1) is 169 Å². The molecule has 12 bridgehead atoms. The molecule has 824 valence electrons. The number of amides is 5. The third kappa shape index (κ3) is 34.0. The van der Waals surface area contributed by atoms with Crippen molar-refractivity contribution >= 4 is 35.5 Å². The van der Waals surface area contributed by atoms with Gasteiger partial charge in [0.25, 0.3) is 0 Å². The van der Waals surface area contributed by atoms with E-state index in [0.717, 1.165) is 25.7 Å². The number of aliphatic hydroxyl groups is 17. The number of fused-ring (bicyclic) bond motifs is 2. The van der Waals surface area contributed by atoms with E-state index in [0.29, 0.717) is 127 Å². The van der Waals surface area contributed by atoms with E-state index in [1.165, 1.54) is 11.6 Å². The number of unbranched alkanes of at least 4 members (excludes halogenated alkanes) is 1. The SMILES string of the molecule is CC(=O)[C@@H](NC(=O)[C@@H](CCCCNC(=O)CCOCCOCCOCCOCCNC(=O)COC1CCCCCc2nnn(CC3OC4OC5C(CO)OC(OC6C(CO)OC(OC7C(CO)OC(OC8C(CO)OC(OC9C(CO)OC(OC3C(O)C4O)C(O)C9O)C(O)C8O)C(O)C7O)C(O)C6O)C(O)C5O)c21)NC(=O)CCOCCOCCOCCOCCNC(=O)OCC1C2CCC#CCCC21)C(C)C. The maximum absolute atomic E-state index is 13.5. The summed E-state index contributed by atoms with van der Waals surface area (Å²) >= 11 is 0. The molecule has 1 aromatic rings. The third-order valence-corrected chi connectivity index (χ3v) is 26.6. The van der Waals surface area contributed by atoms with Crippen LogP contribution in [0.3, 0.4) is 0 Å². The number of alkyl carbamates (subject to hydrolysis) is 1. The Labute approximate surface area is 831 Å². The van der Waals surface area contributed by atoms with Crippen LogP contribution < -0.4 is 26.6 Å². The lowest BCUT2D eigenvalue weighted by atomic mass is 9.94. The molecule has 1 saturated carbocycles. The predicted molar refractivity (Wildman–Crippen MR) is 481 cm³/mol. The highest BCUT2D eigenvalue weighted by Gasteiger charge is 2.60. The number of ketones is 1. The lowest BCUT2D eigenvalue weighted by Gasteiger charge is -2.50. The van der Waals surface area contributed by atoms with Gasteiger partial charge in [-0.1, -0.05) is 31.9 Å². The highest BCUT2D eigenvalue weighted by Crippen LogP contribution is 2.52. The van der Waals surface area contributed by atoms with Crippen LogP contribution in [-0.4, -0.2) is 505 Å². The van der Waals surface area contributed by atoms with Gasteiger partial charge in [-0.15, -0.1) is 16.9 Å². The average molecular weight is 2080 g/mol. The Balaban J connectivity index is 0.579. The van der Waals surface area contributed by atoms with Crippen molar-refractivity contribution in [2.24, 2.45) is 23.7 Å². The van der Waals surface area contributed by atoms with Gasteiger partial charge in [-0.25, -0.2) is 9.48 Å². The molecule has 53 heteroatoms. The molecule has 26 rings (SSSR count). The summed E-state index contributed by atoms with van der Waals surface area (Å²) in [6, 6.07) is -1.70. The highest BCUT2D eigenvalue weighted by molar-refractivity contribution is 5.92. The topological polar surface area (TPSA) is 740 Å². The summed E-state index contributed by atoms with van der Waals surface area (Å²) in [4.78, 5) is 77.1. The van der Waals surface area contributed by atoms with E-state index >= 15 is 0 Å². The van der Waals surface area contributed by atoms with Gasteiger partial charge in [0.2, 0.25) is 23.6 Å². The van der Waals surface area contributed by atoms with Crippen LogP contribution in [0.2, 0.25) is 0 Å². The number of nitrogens with one attached hydrogen (secondary N) is 5. The van der Waals surface area contributed by atoms with E-state index < -0.39 is 272 Å². The van der Waals surface area contributed by atoms with Crippen molar-refractivity contribution in [1.82, 2.24) is 41.6 Å². The van der Waals surface area contributed by atoms with E-state index in [-0.39, 0.29) is 116 Å². The Bertz CT molecular complexity index is 3990. The first kappa shape index (κ1) is 118. The molecular weight excluding hydrogens is 1930 g/mol. The number of aliphatic hydroxyl groups excluding tert-OH is 17. The van der Waals surface area contributed by atoms with Crippen molar-refractivity contribution in [3.8, 4) is 11.8 Å². The minimum absolute atomic E-state index is 0.0335. The van der Waals surface area contributed by atoms with Gasteiger partial charge in [0, 0.05) is 45.3 Å². The first-order chi connectivity index (χ1) is 69.5. The van der Waals surface area contributed by atoms with Crippen LogP contribution in [-0.2, 0) is 141 Å². The van der Waals surface area contributed by atoms with Crippen molar-refractivity contribution in [2.75, 3.05) is 172 Å². The summed E-state index contributed by atoms with van der Waals surface area (Å²) in [6.45, 7) is 3.42. The minimum atomic E-state index is -2.26. The number of rotatable bonds is 52. The second-order valence-corrected chi connectivity index (χ2v) is 37.2. The molecular formula is C91H150N8O45. The maximum Gasteiger partial charge on any atom is 0.407 e. The summed E-state index contributed by atoms with van der Waals surface area (Å²) in [7, 11) is 0. The van der Waals surface area contributed by atoms with E-state index in [1.54, 1.807) is 13.8 Å². The normalized spacial score (nSPS) is 35.5. The van der Waals surface area contributed by atoms with Gasteiger partial charge in [-0.3, -0.25) is 24.0 Å². The zero-order chi connectivity index (χ0) is 103. The Morgan fingerprint density at radius 3 is 1.17 bits per heavy atom. The number of carbonyl (C=O) groups is 6. The molecule has 1 aromatic heterocycles. The van der Waals surface area contributed by atoms with Crippen LogP contribution in [0.25, 0.3) is 0 Å². The summed E-state index contributed by atoms with van der Waals surface area (Å²) in [6.07, 6.45) is -54.5. The molecule has 0 spiro atoms. The van der Waals surface area contributed by atoms with E-state index in [2.05, 4.69) is 48.7 Å². The van der Waals surface area contributed by atoms with Gasteiger partial charge in [0.15, 0.2) is 43.5 Å². The molecule has 23 heterocycles. The number of carbonyl (C=O) groups excluding carboxylic acids is 6. The molecule has 33 unspecified atom stereocenters. The zero-order valence-electron chi connectivity index (χ0n) is 81.2. The molecule has 35 atom stereocenters. The number of aromatic nitrogens is 3. The fourth-order valence-electron chi connectivity index (χ4n) is 18.6. The average Bonchev–Trinajstić information content (AvgIpc) is 1.76. The second-order valence-electron chi connectivity index (χ2n) is 37.2. The zero-order valence-corrected chi connectivity index (χ0v) is 81.2. The Hall–Kier alpha value is -6.00. The number of nitrogens with zero attached hydrogens (tertiary/aromatic N) is 3. The maximum atomic E-state index is 13.5. The van der Waals surface area contributed by atoms with Gasteiger partial charge in [0.1, 0.15) is 165 Å². The molecule has 3 aliphatic carbocycles. The largest absolute Gasteiger partial charge is 0.449 e. The molecule has 53 nitrogen and oxygen atoms in total. The number of Topliss-reactive ketones (excluding diaryl/α,β-unsaturated/α-hetero) is 1. The van der Waals surface area contributed by atoms with E-state index in [1.807, 2.05) is 0 Å². The monoisotopic (exact) mass is 2070 g/mol. The lowest BCUT2D eigenvalue weighted by Crippen LogP contribution is -2.69. The fourth-order valence-corrected chi connectivity index (χ4v) is 18.6. The van der Waals surface area contributed by atoms with Crippen LogP contribution in [0.15, 0.2) is 0 Å². The molecule has 25 aliphatic rings. The predicted octanol–water partition coefficient (Wildman–Crippen LogP) is -9.89. The lowest BCUT2D eigenvalue weighted by molar-refractivity contribution is -0.403. The first-order valence-corrected chi connectivity index (χ1v) is 49.7. The molecule has 23 fully saturated rings. The Morgan fingerprint density at radius 1 is 0.410 bits per heavy atom. The second kappa shape index (κ2) is 60.9. The molecule has 5 amide bonds. The number of hydrogen-bond acceptors (Lipinski definition) is 47. The van der Waals surface area contributed by atoms with Crippen molar-refractivity contribution in [2.45, 2.75) is 320 Å². The molecule has 0 aromatic carbocycles. The van der Waals surface area contributed by atoms with Crippen molar-refractivity contribution in [3.63, 3.8) is 0 Å². The van der Waals surface area contributed by atoms with Crippen LogP contribution in [0.1, 0.15) is 122 Å². The molecule has 22 N–H and O–H groups in total. The van der Waals surface area contributed by atoms with Crippen LogP contribution in [0.4, 0.5) is 4.79 Å². The van der Waals surface area contributed by atoms with E-state index in [4.69, 9.17) is 104 Å². The van der Waals surface area contributed by atoms with Crippen LogP contribution in [0.5, 0.6) is 0 Å². The van der Waals surface area contributed by atoms with Crippen LogP contribution in [0, 0.1) is 35.5 Å². The molecule has 22 aliphatic heterocycles. The minimum Gasteiger partial charge on any atom is -0.449 e. The quantitative estimate of drug-likeness (QED) is 0.0213. The first-order valence-electron chi connectivity index (χ1n) is 49.7. The van der Waals surface area contributed by atoms with Gasteiger partial charge in [-0.2, -0.15) is 0 Å². The van der Waals surface area contributed by atoms with Gasteiger partial charge in [-0.05, 0) is 82.0 Å². The summed E-state index contributed by atoms with van der Waals surface area (Å²) in [5, 5.41) is 217. The third-order valence-electron chi connectivity index (χ3n) is 26.6. The van der Waals surface area contributed by atoms with Crippen molar-refractivity contribution in [3.05, 3.63) is 11.4 Å². The number of aryl methyl sites for hydroxylation is 1. The molecule has 0 radical (unpaired) electrons. The Morgan fingerprint density at radius 2 is 0.778 bits per heavy atom. The highest BCUT2D eigenvalue weighted by atomic mass is 16.8. The van der Waals surface area contributed by atoms with E-state index in [9.17, 15) is 116 Å². The van der Waals surface area contributed by atoms with Crippen molar-refractivity contribution in [1.29, 1.82) is 0 Å².